The monoisotopic (exact) mass is 242 g/mol. The SMILES string of the molecule is CCCC(=O)CN(CC)CCCN(CC)CC. The van der Waals surface area contributed by atoms with E-state index in [9.17, 15) is 4.79 Å². The van der Waals surface area contributed by atoms with Crippen molar-refractivity contribution in [1.82, 2.24) is 9.80 Å². The molecule has 0 radical (unpaired) electrons. The van der Waals surface area contributed by atoms with Crippen LogP contribution < -0.4 is 0 Å². The Morgan fingerprint density at radius 1 is 0.882 bits per heavy atom. The maximum atomic E-state index is 11.6. The van der Waals surface area contributed by atoms with Crippen molar-refractivity contribution < 1.29 is 4.79 Å². The van der Waals surface area contributed by atoms with Gasteiger partial charge in [-0.25, -0.2) is 0 Å². The van der Waals surface area contributed by atoms with Crippen LogP contribution in [0.15, 0.2) is 0 Å². The summed E-state index contributed by atoms with van der Waals surface area (Å²) in [6.07, 6.45) is 2.86. The zero-order chi connectivity index (χ0) is 13.1. The Hall–Kier alpha value is -0.410. The van der Waals surface area contributed by atoms with Gasteiger partial charge in [0, 0.05) is 6.42 Å². The van der Waals surface area contributed by atoms with Crippen LogP contribution in [0, 0.1) is 0 Å². The average Bonchev–Trinajstić information content (AvgIpc) is 2.33. The Morgan fingerprint density at radius 2 is 1.41 bits per heavy atom. The number of carbonyl (C=O) groups excluding carboxylic acids is 1. The Kier molecular flexibility index (Phi) is 10.5. The summed E-state index contributed by atoms with van der Waals surface area (Å²) in [5.41, 5.74) is 0. The van der Waals surface area contributed by atoms with Gasteiger partial charge in [-0.15, -0.1) is 0 Å². The molecule has 0 saturated heterocycles. The van der Waals surface area contributed by atoms with E-state index in [4.69, 9.17) is 0 Å². The van der Waals surface area contributed by atoms with Crippen LogP contribution in [0.3, 0.4) is 0 Å². The molecule has 0 bridgehead atoms. The molecule has 0 aromatic rings. The fourth-order valence-corrected chi connectivity index (χ4v) is 2.01. The molecule has 0 amide bonds. The molecule has 0 N–H and O–H groups in total. The fourth-order valence-electron chi connectivity index (χ4n) is 2.01. The second kappa shape index (κ2) is 10.7. The Labute approximate surface area is 107 Å². The van der Waals surface area contributed by atoms with Crippen LogP contribution in [-0.2, 0) is 4.79 Å². The number of rotatable bonds is 11. The molecular formula is C14H30N2O. The molecule has 102 valence electrons. The summed E-state index contributed by atoms with van der Waals surface area (Å²) >= 11 is 0. The van der Waals surface area contributed by atoms with E-state index in [1.54, 1.807) is 0 Å². The standard InChI is InChI=1S/C14H30N2O/c1-5-10-14(17)13-16(8-4)12-9-11-15(6-2)7-3/h5-13H2,1-4H3. The highest BCUT2D eigenvalue weighted by molar-refractivity contribution is 5.80. The van der Waals surface area contributed by atoms with Crippen molar-refractivity contribution >= 4 is 5.78 Å². The first-order chi connectivity index (χ1) is 8.17. The van der Waals surface area contributed by atoms with Crippen LogP contribution in [0.5, 0.6) is 0 Å². The van der Waals surface area contributed by atoms with Gasteiger partial charge in [0.2, 0.25) is 0 Å². The van der Waals surface area contributed by atoms with E-state index in [0.29, 0.717) is 12.3 Å². The van der Waals surface area contributed by atoms with Gasteiger partial charge in [0.1, 0.15) is 5.78 Å². The lowest BCUT2D eigenvalue weighted by Crippen LogP contribution is -2.33. The molecule has 0 rings (SSSR count). The van der Waals surface area contributed by atoms with Crippen LogP contribution in [0.1, 0.15) is 47.0 Å². The van der Waals surface area contributed by atoms with E-state index in [0.717, 1.165) is 52.0 Å². The zero-order valence-electron chi connectivity index (χ0n) is 12.2. The number of Topliss-reactive ketones (excluding diaryl/α,β-unsaturated/α-hetero) is 1. The van der Waals surface area contributed by atoms with E-state index in [2.05, 4.69) is 37.5 Å². The summed E-state index contributed by atoms with van der Waals surface area (Å²) < 4.78 is 0. The van der Waals surface area contributed by atoms with E-state index in [-0.39, 0.29) is 0 Å². The summed E-state index contributed by atoms with van der Waals surface area (Å²) in [5, 5.41) is 0. The highest BCUT2D eigenvalue weighted by Crippen LogP contribution is 1.98. The number of ketones is 1. The van der Waals surface area contributed by atoms with Gasteiger partial charge in [-0.05, 0) is 45.6 Å². The van der Waals surface area contributed by atoms with Gasteiger partial charge in [-0.3, -0.25) is 9.69 Å². The first-order valence-corrected chi connectivity index (χ1v) is 7.14. The second-order valence-electron chi connectivity index (χ2n) is 4.54. The lowest BCUT2D eigenvalue weighted by molar-refractivity contribution is -0.120. The molecule has 0 spiro atoms. The van der Waals surface area contributed by atoms with Crippen LogP contribution in [0.25, 0.3) is 0 Å². The molecule has 0 unspecified atom stereocenters. The average molecular weight is 242 g/mol. The maximum Gasteiger partial charge on any atom is 0.146 e. The molecule has 0 atom stereocenters. The number of carbonyl (C=O) groups is 1. The molecular weight excluding hydrogens is 212 g/mol. The molecule has 0 aliphatic carbocycles. The predicted molar refractivity (Wildman–Crippen MR) is 74.4 cm³/mol. The first-order valence-electron chi connectivity index (χ1n) is 7.14. The number of hydrogen-bond donors (Lipinski definition) is 0. The minimum Gasteiger partial charge on any atom is -0.304 e. The molecule has 0 fully saturated rings. The van der Waals surface area contributed by atoms with Gasteiger partial charge >= 0.3 is 0 Å². The topological polar surface area (TPSA) is 23.6 Å². The third kappa shape index (κ3) is 8.33. The Morgan fingerprint density at radius 3 is 1.88 bits per heavy atom. The lowest BCUT2D eigenvalue weighted by atomic mass is 10.2. The van der Waals surface area contributed by atoms with Crippen LogP contribution in [-0.4, -0.2) is 54.9 Å². The lowest BCUT2D eigenvalue weighted by Gasteiger charge is -2.22. The molecule has 0 saturated carbocycles. The smallest absolute Gasteiger partial charge is 0.146 e. The molecule has 0 aliphatic heterocycles. The van der Waals surface area contributed by atoms with Crippen molar-refractivity contribution in [3.63, 3.8) is 0 Å². The van der Waals surface area contributed by atoms with Gasteiger partial charge in [0.15, 0.2) is 0 Å². The Bertz CT molecular complexity index is 191. The molecule has 17 heavy (non-hydrogen) atoms. The second-order valence-corrected chi connectivity index (χ2v) is 4.54. The van der Waals surface area contributed by atoms with Crippen molar-refractivity contribution in [2.24, 2.45) is 0 Å². The van der Waals surface area contributed by atoms with E-state index < -0.39 is 0 Å². The molecule has 3 heteroatoms. The summed E-state index contributed by atoms with van der Waals surface area (Å²) in [6.45, 7) is 14.7. The van der Waals surface area contributed by atoms with Gasteiger partial charge in [0.25, 0.3) is 0 Å². The number of likely N-dealkylation sites (N-methyl/N-ethyl adjacent to an activating group) is 1. The maximum absolute atomic E-state index is 11.6. The van der Waals surface area contributed by atoms with Crippen molar-refractivity contribution in [1.29, 1.82) is 0 Å². The summed E-state index contributed by atoms with van der Waals surface area (Å²) in [4.78, 5) is 16.3. The third-order valence-corrected chi connectivity index (χ3v) is 3.22. The molecule has 0 aliphatic rings. The third-order valence-electron chi connectivity index (χ3n) is 3.22. The van der Waals surface area contributed by atoms with Crippen molar-refractivity contribution in [2.45, 2.75) is 47.0 Å². The van der Waals surface area contributed by atoms with Crippen LogP contribution in [0.4, 0.5) is 0 Å². The van der Waals surface area contributed by atoms with Gasteiger partial charge in [0.05, 0.1) is 6.54 Å². The van der Waals surface area contributed by atoms with E-state index >= 15 is 0 Å². The quantitative estimate of drug-likeness (QED) is 0.556. The molecule has 0 aromatic heterocycles. The Balaban J connectivity index is 3.77. The van der Waals surface area contributed by atoms with Crippen molar-refractivity contribution in [3.8, 4) is 0 Å². The number of nitrogens with zero attached hydrogens (tertiary/aromatic N) is 2. The van der Waals surface area contributed by atoms with Gasteiger partial charge in [-0.2, -0.15) is 0 Å². The highest BCUT2D eigenvalue weighted by Gasteiger charge is 2.08. The first kappa shape index (κ1) is 16.6. The molecule has 0 aromatic carbocycles. The minimum atomic E-state index is 0.386. The largest absolute Gasteiger partial charge is 0.304 e. The molecule has 3 nitrogen and oxygen atoms in total. The minimum absolute atomic E-state index is 0.386. The number of hydrogen-bond acceptors (Lipinski definition) is 3. The highest BCUT2D eigenvalue weighted by atomic mass is 16.1. The van der Waals surface area contributed by atoms with Gasteiger partial charge < -0.3 is 4.90 Å². The van der Waals surface area contributed by atoms with Crippen LogP contribution >= 0.6 is 0 Å². The summed E-state index contributed by atoms with van der Waals surface area (Å²) in [5.74, 6) is 0.386. The fraction of sp³-hybridized carbons (Fsp3) is 0.929. The zero-order valence-corrected chi connectivity index (χ0v) is 12.2. The van der Waals surface area contributed by atoms with Crippen molar-refractivity contribution in [2.75, 3.05) is 39.3 Å². The van der Waals surface area contributed by atoms with Gasteiger partial charge in [-0.1, -0.05) is 27.7 Å². The molecule has 0 heterocycles. The predicted octanol–water partition coefficient (Wildman–Crippen LogP) is 2.41. The summed E-state index contributed by atoms with van der Waals surface area (Å²) in [7, 11) is 0. The van der Waals surface area contributed by atoms with E-state index in [1.165, 1.54) is 0 Å². The summed E-state index contributed by atoms with van der Waals surface area (Å²) in [6, 6.07) is 0. The van der Waals surface area contributed by atoms with Crippen molar-refractivity contribution in [3.05, 3.63) is 0 Å². The normalized spacial score (nSPS) is 11.4. The van der Waals surface area contributed by atoms with E-state index in [1.807, 2.05) is 0 Å². The van der Waals surface area contributed by atoms with Crippen LogP contribution in [0.2, 0.25) is 0 Å².